The number of halogens is 1. The first-order valence-electron chi connectivity index (χ1n) is 9.11. The highest BCUT2D eigenvalue weighted by Crippen LogP contribution is 2.27. The summed E-state index contributed by atoms with van der Waals surface area (Å²) < 4.78 is 15.4. The molecule has 5 nitrogen and oxygen atoms in total. The summed E-state index contributed by atoms with van der Waals surface area (Å²) in [4.78, 5) is 9.71. The van der Waals surface area contributed by atoms with Crippen LogP contribution in [0.15, 0.2) is 42.6 Å². The monoisotopic (exact) mass is 353 g/mol. The number of aromatic nitrogens is 2. The zero-order valence-electron chi connectivity index (χ0n) is 15.0. The van der Waals surface area contributed by atoms with Crippen LogP contribution in [0.25, 0.3) is 16.9 Å². The molecule has 1 aliphatic heterocycles. The van der Waals surface area contributed by atoms with E-state index in [1.54, 1.807) is 12.1 Å². The van der Waals surface area contributed by atoms with Crippen molar-refractivity contribution in [1.29, 1.82) is 0 Å². The van der Waals surface area contributed by atoms with E-state index in [-0.39, 0.29) is 5.82 Å². The Morgan fingerprint density at radius 3 is 2.38 bits per heavy atom. The molecular weight excluding hydrogens is 329 g/mol. The van der Waals surface area contributed by atoms with Gasteiger partial charge in [0.25, 0.3) is 0 Å². The average Bonchev–Trinajstić information content (AvgIpc) is 3.01. The van der Waals surface area contributed by atoms with Gasteiger partial charge in [0.05, 0.1) is 11.4 Å². The standard InChI is InChI=1S/C20H24FN5/c1-2-24-9-11-25(12-10-24)14-18-20(15-3-5-16(21)6-4-15)23-19-8-7-17(22)13-26(18)19/h3-8,13H,2,9-12,14,22H2,1H3. The fourth-order valence-corrected chi connectivity index (χ4v) is 3.58. The van der Waals surface area contributed by atoms with Crippen molar-refractivity contribution in [3.8, 4) is 11.3 Å². The van der Waals surface area contributed by atoms with Gasteiger partial charge in [0.15, 0.2) is 0 Å². The van der Waals surface area contributed by atoms with Crippen LogP contribution < -0.4 is 5.73 Å². The van der Waals surface area contributed by atoms with Crippen LogP contribution in [0.5, 0.6) is 0 Å². The highest BCUT2D eigenvalue weighted by atomic mass is 19.1. The van der Waals surface area contributed by atoms with Gasteiger partial charge in [-0.3, -0.25) is 4.90 Å². The van der Waals surface area contributed by atoms with E-state index in [4.69, 9.17) is 10.7 Å². The second-order valence-electron chi connectivity index (χ2n) is 6.82. The minimum Gasteiger partial charge on any atom is -0.398 e. The van der Waals surface area contributed by atoms with Crippen LogP contribution in [0.4, 0.5) is 10.1 Å². The third-order valence-corrected chi connectivity index (χ3v) is 5.14. The number of pyridine rings is 1. The summed E-state index contributed by atoms with van der Waals surface area (Å²) >= 11 is 0. The van der Waals surface area contributed by atoms with Crippen LogP contribution in [0.1, 0.15) is 12.6 Å². The van der Waals surface area contributed by atoms with Crippen molar-refractivity contribution in [3.05, 3.63) is 54.1 Å². The van der Waals surface area contributed by atoms with Gasteiger partial charge in [-0.15, -0.1) is 0 Å². The van der Waals surface area contributed by atoms with Gasteiger partial charge < -0.3 is 15.0 Å². The van der Waals surface area contributed by atoms with E-state index >= 15 is 0 Å². The molecule has 3 heterocycles. The van der Waals surface area contributed by atoms with Gasteiger partial charge in [0, 0.05) is 50.2 Å². The van der Waals surface area contributed by atoms with Crippen molar-refractivity contribution in [2.24, 2.45) is 0 Å². The van der Waals surface area contributed by atoms with E-state index in [2.05, 4.69) is 21.1 Å². The number of hydrogen-bond acceptors (Lipinski definition) is 4. The van der Waals surface area contributed by atoms with Crippen molar-refractivity contribution >= 4 is 11.3 Å². The number of likely N-dealkylation sites (N-methyl/N-ethyl adjacent to an activating group) is 1. The maximum absolute atomic E-state index is 13.3. The van der Waals surface area contributed by atoms with Crippen LogP contribution in [0.2, 0.25) is 0 Å². The molecule has 0 atom stereocenters. The summed E-state index contributed by atoms with van der Waals surface area (Å²) in [5.41, 5.74) is 10.5. The van der Waals surface area contributed by atoms with Gasteiger partial charge in [-0.25, -0.2) is 9.37 Å². The highest BCUT2D eigenvalue weighted by molar-refractivity contribution is 5.67. The molecule has 1 aliphatic rings. The van der Waals surface area contributed by atoms with Crippen LogP contribution in [0.3, 0.4) is 0 Å². The maximum Gasteiger partial charge on any atom is 0.137 e. The number of imidazole rings is 1. The number of benzene rings is 1. The largest absolute Gasteiger partial charge is 0.398 e. The Balaban J connectivity index is 1.72. The Kier molecular flexibility index (Phi) is 4.61. The molecule has 1 saturated heterocycles. The van der Waals surface area contributed by atoms with Gasteiger partial charge in [0.1, 0.15) is 11.5 Å². The Morgan fingerprint density at radius 1 is 1.00 bits per heavy atom. The SMILES string of the molecule is CCN1CCN(Cc2c(-c3ccc(F)cc3)nc3ccc(N)cn23)CC1. The normalized spacial score (nSPS) is 16.4. The van der Waals surface area contributed by atoms with Crippen LogP contribution >= 0.6 is 0 Å². The minimum atomic E-state index is -0.237. The van der Waals surface area contributed by atoms with Crippen molar-refractivity contribution in [2.45, 2.75) is 13.5 Å². The lowest BCUT2D eigenvalue weighted by Gasteiger charge is -2.34. The number of piperazine rings is 1. The van der Waals surface area contributed by atoms with E-state index in [1.807, 2.05) is 18.3 Å². The quantitative estimate of drug-likeness (QED) is 0.784. The molecule has 2 aromatic heterocycles. The molecule has 4 rings (SSSR count). The molecule has 0 unspecified atom stereocenters. The molecule has 2 N–H and O–H groups in total. The first kappa shape index (κ1) is 17.0. The van der Waals surface area contributed by atoms with Crippen LogP contribution in [-0.2, 0) is 6.54 Å². The van der Waals surface area contributed by atoms with Gasteiger partial charge in [-0.2, -0.15) is 0 Å². The topological polar surface area (TPSA) is 49.8 Å². The Morgan fingerprint density at radius 2 is 1.69 bits per heavy atom. The molecule has 0 spiro atoms. The van der Waals surface area contributed by atoms with Gasteiger partial charge in [-0.1, -0.05) is 6.92 Å². The molecule has 0 radical (unpaired) electrons. The van der Waals surface area contributed by atoms with E-state index in [0.29, 0.717) is 5.69 Å². The number of nitrogens with zero attached hydrogens (tertiary/aromatic N) is 4. The van der Waals surface area contributed by atoms with E-state index < -0.39 is 0 Å². The molecule has 136 valence electrons. The summed E-state index contributed by atoms with van der Waals surface area (Å²) in [6.45, 7) is 8.34. The minimum absolute atomic E-state index is 0.237. The summed E-state index contributed by atoms with van der Waals surface area (Å²) in [5.74, 6) is -0.237. The first-order chi connectivity index (χ1) is 12.6. The predicted molar refractivity (Wildman–Crippen MR) is 102 cm³/mol. The average molecular weight is 353 g/mol. The summed E-state index contributed by atoms with van der Waals surface area (Å²) in [6.07, 6.45) is 1.92. The molecule has 3 aromatic rings. The first-order valence-corrected chi connectivity index (χ1v) is 9.11. The van der Waals surface area contributed by atoms with E-state index in [1.165, 1.54) is 12.1 Å². The molecule has 26 heavy (non-hydrogen) atoms. The predicted octanol–water partition coefficient (Wildman–Crippen LogP) is 2.86. The third-order valence-electron chi connectivity index (χ3n) is 5.14. The number of nitrogens with two attached hydrogens (primary N) is 1. The fraction of sp³-hybridized carbons (Fsp3) is 0.350. The lowest BCUT2D eigenvalue weighted by atomic mass is 10.1. The lowest BCUT2D eigenvalue weighted by Crippen LogP contribution is -2.45. The molecular formula is C20H24FN5. The van der Waals surface area contributed by atoms with Crippen molar-refractivity contribution in [3.63, 3.8) is 0 Å². The Hall–Kier alpha value is -2.44. The third kappa shape index (κ3) is 3.30. The van der Waals surface area contributed by atoms with E-state index in [9.17, 15) is 4.39 Å². The molecule has 1 aromatic carbocycles. The summed E-state index contributed by atoms with van der Waals surface area (Å²) in [6, 6.07) is 10.3. The van der Waals surface area contributed by atoms with Crippen molar-refractivity contribution in [2.75, 3.05) is 38.5 Å². The van der Waals surface area contributed by atoms with Crippen LogP contribution in [0, 0.1) is 5.82 Å². The van der Waals surface area contributed by atoms with Gasteiger partial charge >= 0.3 is 0 Å². The van der Waals surface area contributed by atoms with Crippen molar-refractivity contribution in [1.82, 2.24) is 19.2 Å². The summed E-state index contributed by atoms with van der Waals surface area (Å²) in [5, 5.41) is 0. The smallest absolute Gasteiger partial charge is 0.137 e. The number of anilines is 1. The van der Waals surface area contributed by atoms with Crippen molar-refractivity contribution < 1.29 is 4.39 Å². The van der Waals surface area contributed by atoms with E-state index in [0.717, 1.165) is 61.9 Å². The fourth-order valence-electron chi connectivity index (χ4n) is 3.58. The second-order valence-corrected chi connectivity index (χ2v) is 6.82. The highest BCUT2D eigenvalue weighted by Gasteiger charge is 2.20. The molecule has 0 amide bonds. The number of rotatable bonds is 4. The summed E-state index contributed by atoms with van der Waals surface area (Å²) in [7, 11) is 0. The lowest BCUT2D eigenvalue weighted by molar-refractivity contribution is 0.131. The molecule has 1 fully saturated rings. The zero-order chi connectivity index (χ0) is 18.1. The van der Waals surface area contributed by atoms with Gasteiger partial charge in [0.2, 0.25) is 0 Å². The zero-order valence-corrected chi connectivity index (χ0v) is 15.0. The maximum atomic E-state index is 13.3. The number of nitrogen functional groups attached to an aromatic ring is 1. The Bertz CT molecular complexity index is 894. The molecule has 0 saturated carbocycles. The Labute approximate surface area is 152 Å². The number of hydrogen-bond donors (Lipinski definition) is 1. The molecule has 6 heteroatoms. The second kappa shape index (κ2) is 7.05. The number of fused-ring (bicyclic) bond motifs is 1. The van der Waals surface area contributed by atoms with Gasteiger partial charge in [-0.05, 0) is 42.9 Å². The van der Waals surface area contributed by atoms with Crippen LogP contribution in [-0.4, -0.2) is 51.9 Å². The molecule has 0 aliphatic carbocycles. The molecule has 0 bridgehead atoms.